The minimum atomic E-state index is -1.30. The summed E-state index contributed by atoms with van der Waals surface area (Å²) in [6.07, 6.45) is 0.767. The van der Waals surface area contributed by atoms with Crippen LogP contribution < -0.4 is 4.90 Å². The van der Waals surface area contributed by atoms with Gasteiger partial charge in [-0.2, -0.15) is 0 Å². The number of carboxylic acids is 1. The highest BCUT2D eigenvalue weighted by molar-refractivity contribution is 5.94. The van der Waals surface area contributed by atoms with E-state index in [2.05, 4.69) is 4.98 Å². The van der Waals surface area contributed by atoms with Crippen LogP contribution in [0.2, 0.25) is 0 Å². The number of aliphatic hydroxyl groups excluding tert-OH is 1. The van der Waals surface area contributed by atoms with Crippen LogP contribution >= 0.6 is 0 Å². The Labute approximate surface area is 164 Å². The van der Waals surface area contributed by atoms with Crippen molar-refractivity contribution in [2.75, 3.05) is 32.1 Å². The van der Waals surface area contributed by atoms with Gasteiger partial charge in [0.15, 0.2) is 0 Å². The minimum Gasteiger partial charge on any atom is -0.481 e. The van der Waals surface area contributed by atoms with Gasteiger partial charge in [0.2, 0.25) is 0 Å². The zero-order valence-electron chi connectivity index (χ0n) is 16.1. The number of aliphatic carboxylic acids is 1. The van der Waals surface area contributed by atoms with Crippen molar-refractivity contribution in [1.29, 1.82) is 0 Å². The smallest absolute Gasteiger partial charge is 0.312 e. The molecule has 0 aliphatic carbocycles. The van der Waals surface area contributed by atoms with E-state index >= 15 is 0 Å². The second-order valence-electron chi connectivity index (χ2n) is 7.44. The van der Waals surface area contributed by atoms with E-state index in [1.165, 1.54) is 11.1 Å². The van der Waals surface area contributed by atoms with E-state index in [0.717, 1.165) is 11.4 Å². The molecular weight excluding hydrogens is 358 g/mol. The van der Waals surface area contributed by atoms with Crippen molar-refractivity contribution in [3.05, 3.63) is 59.8 Å². The number of anilines is 1. The Bertz CT molecular complexity index is 838. The third-order valence-electron chi connectivity index (χ3n) is 5.39. The van der Waals surface area contributed by atoms with E-state index in [1.807, 2.05) is 49.3 Å². The highest BCUT2D eigenvalue weighted by Crippen LogP contribution is 2.36. The van der Waals surface area contributed by atoms with Gasteiger partial charge in [0, 0.05) is 33.4 Å². The second kappa shape index (κ2) is 7.98. The van der Waals surface area contributed by atoms with Crippen LogP contribution in [0.1, 0.15) is 22.3 Å². The fourth-order valence-electron chi connectivity index (χ4n) is 3.61. The molecule has 148 valence electrons. The lowest BCUT2D eigenvalue weighted by atomic mass is 9.71. The van der Waals surface area contributed by atoms with E-state index in [9.17, 15) is 19.8 Å². The molecule has 1 aromatic heterocycles. The third-order valence-corrected chi connectivity index (χ3v) is 5.39. The molecular formula is C21H25N3O4. The molecule has 0 unspecified atom stereocenters. The number of piperidine rings is 1. The summed E-state index contributed by atoms with van der Waals surface area (Å²) in [6, 6.07) is 12.7. The van der Waals surface area contributed by atoms with Crippen molar-refractivity contribution in [3.8, 4) is 0 Å². The number of hydrogen-bond acceptors (Lipinski definition) is 5. The number of aromatic nitrogens is 1. The first-order valence-electron chi connectivity index (χ1n) is 9.21. The Morgan fingerprint density at radius 1 is 1.21 bits per heavy atom. The Morgan fingerprint density at radius 2 is 1.93 bits per heavy atom. The standard InChI is InChI=1S/C21H25N3O4/c1-23(2)18-9-8-16(13-22-18)19(26)24-11-10-21(20(27)28,17(25)14-24)12-15-6-4-3-5-7-15/h3-9,13,17,25H,10-12,14H2,1-2H3,(H,27,28)/t17-,21+/m0/s1. The Balaban J connectivity index is 1.75. The van der Waals surface area contributed by atoms with Crippen LogP contribution in [0.25, 0.3) is 0 Å². The molecule has 28 heavy (non-hydrogen) atoms. The van der Waals surface area contributed by atoms with E-state index in [-0.39, 0.29) is 31.8 Å². The Kier molecular flexibility index (Phi) is 5.65. The summed E-state index contributed by atoms with van der Waals surface area (Å²) in [5.41, 5.74) is -0.0265. The van der Waals surface area contributed by atoms with Gasteiger partial charge in [-0.3, -0.25) is 9.59 Å². The number of carboxylic acid groups (broad SMARTS) is 1. The second-order valence-corrected chi connectivity index (χ2v) is 7.44. The topological polar surface area (TPSA) is 94.0 Å². The van der Waals surface area contributed by atoms with Gasteiger partial charge in [-0.25, -0.2) is 4.98 Å². The average Bonchev–Trinajstić information content (AvgIpc) is 2.69. The lowest BCUT2D eigenvalue weighted by molar-refractivity contribution is -0.161. The van der Waals surface area contributed by atoms with Crippen molar-refractivity contribution in [2.45, 2.75) is 18.9 Å². The van der Waals surface area contributed by atoms with Gasteiger partial charge >= 0.3 is 5.97 Å². The van der Waals surface area contributed by atoms with E-state index in [0.29, 0.717) is 5.56 Å². The quantitative estimate of drug-likeness (QED) is 0.816. The number of β-amino-alcohol motifs (C(OH)–C–C–N with tert-alkyl or cyclic N) is 1. The summed E-state index contributed by atoms with van der Waals surface area (Å²) in [5.74, 6) is -0.550. The molecule has 7 heteroatoms. The number of likely N-dealkylation sites (tertiary alicyclic amines) is 1. The SMILES string of the molecule is CN(C)c1ccc(C(=O)N2CC[C@](Cc3ccccc3)(C(=O)O)[C@@H](O)C2)cn1. The van der Waals surface area contributed by atoms with Gasteiger partial charge in [-0.05, 0) is 30.5 Å². The maximum Gasteiger partial charge on any atom is 0.312 e. The first kappa shape index (κ1) is 19.8. The molecule has 0 spiro atoms. The van der Waals surface area contributed by atoms with Crippen LogP contribution in [-0.4, -0.2) is 65.3 Å². The van der Waals surface area contributed by atoms with Crippen LogP contribution in [0.4, 0.5) is 5.82 Å². The fourth-order valence-corrected chi connectivity index (χ4v) is 3.61. The number of rotatable bonds is 5. The number of amides is 1. The first-order valence-corrected chi connectivity index (χ1v) is 9.21. The largest absolute Gasteiger partial charge is 0.481 e. The van der Waals surface area contributed by atoms with Gasteiger partial charge in [0.25, 0.3) is 5.91 Å². The molecule has 2 aromatic rings. The maximum atomic E-state index is 12.8. The van der Waals surface area contributed by atoms with Crippen LogP contribution in [0.15, 0.2) is 48.7 Å². The van der Waals surface area contributed by atoms with Crippen LogP contribution in [0, 0.1) is 5.41 Å². The van der Waals surface area contributed by atoms with Crippen molar-refractivity contribution in [2.24, 2.45) is 5.41 Å². The predicted molar refractivity (Wildman–Crippen MR) is 105 cm³/mol. The number of aliphatic hydroxyl groups is 1. The molecule has 1 aliphatic rings. The lowest BCUT2D eigenvalue weighted by Crippen LogP contribution is -2.57. The van der Waals surface area contributed by atoms with Gasteiger partial charge < -0.3 is 20.0 Å². The molecule has 1 fully saturated rings. The molecule has 1 amide bonds. The zero-order chi connectivity index (χ0) is 20.3. The summed E-state index contributed by atoms with van der Waals surface area (Å²) < 4.78 is 0. The molecule has 1 aliphatic heterocycles. The fraction of sp³-hybridized carbons (Fsp3) is 0.381. The van der Waals surface area contributed by atoms with Crippen molar-refractivity contribution in [3.63, 3.8) is 0 Å². The maximum absolute atomic E-state index is 12.8. The van der Waals surface area contributed by atoms with Crippen LogP contribution in [0.3, 0.4) is 0 Å². The molecule has 0 saturated carbocycles. The molecule has 7 nitrogen and oxygen atoms in total. The Hall–Kier alpha value is -2.93. The summed E-state index contributed by atoms with van der Waals surface area (Å²) in [4.78, 5) is 32.4. The monoisotopic (exact) mass is 383 g/mol. The molecule has 0 bridgehead atoms. The first-order chi connectivity index (χ1) is 13.3. The summed E-state index contributed by atoms with van der Waals surface area (Å²) in [7, 11) is 3.73. The summed E-state index contributed by atoms with van der Waals surface area (Å²) in [6.45, 7) is 0.248. The van der Waals surface area contributed by atoms with Gasteiger partial charge in [0.05, 0.1) is 11.7 Å². The van der Waals surface area contributed by atoms with E-state index in [1.54, 1.807) is 12.1 Å². The van der Waals surface area contributed by atoms with Gasteiger partial charge in [-0.1, -0.05) is 30.3 Å². The molecule has 2 atom stereocenters. The molecule has 2 N–H and O–H groups in total. The normalized spacial score (nSPS) is 22.0. The number of pyridine rings is 1. The average molecular weight is 383 g/mol. The highest BCUT2D eigenvalue weighted by Gasteiger charge is 2.49. The zero-order valence-corrected chi connectivity index (χ0v) is 16.1. The molecule has 3 rings (SSSR count). The lowest BCUT2D eigenvalue weighted by Gasteiger charge is -2.42. The third kappa shape index (κ3) is 3.84. The van der Waals surface area contributed by atoms with E-state index in [4.69, 9.17) is 0 Å². The summed E-state index contributed by atoms with van der Waals surface area (Å²) in [5, 5.41) is 20.6. The van der Waals surface area contributed by atoms with E-state index < -0.39 is 17.5 Å². The van der Waals surface area contributed by atoms with Gasteiger partial charge in [-0.15, -0.1) is 0 Å². The Morgan fingerprint density at radius 3 is 2.46 bits per heavy atom. The number of carbonyl (C=O) groups excluding carboxylic acids is 1. The van der Waals surface area contributed by atoms with Crippen LogP contribution in [0.5, 0.6) is 0 Å². The molecule has 1 aromatic carbocycles. The van der Waals surface area contributed by atoms with Crippen LogP contribution in [-0.2, 0) is 11.2 Å². The molecule has 1 saturated heterocycles. The van der Waals surface area contributed by atoms with Crippen molar-refractivity contribution in [1.82, 2.24) is 9.88 Å². The van der Waals surface area contributed by atoms with Crippen molar-refractivity contribution >= 4 is 17.7 Å². The highest BCUT2D eigenvalue weighted by atomic mass is 16.4. The number of carbonyl (C=O) groups is 2. The summed E-state index contributed by atoms with van der Waals surface area (Å²) >= 11 is 0. The predicted octanol–water partition coefficient (Wildman–Crippen LogP) is 1.67. The molecule has 2 heterocycles. The number of benzene rings is 1. The number of hydrogen-bond donors (Lipinski definition) is 2. The van der Waals surface area contributed by atoms with Gasteiger partial charge in [0.1, 0.15) is 11.2 Å². The minimum absolute atomic E-state index is 0.0204. The molecule has 0 radical (unpaired) electrons. The number of nitrogens with zero attached hydrogens (tertiary/aromatic N) is 3. The van der Waals surface area contributed by atoms with Crippen molar-refractivity contribution < 1.29 is 19.8 Å².